The van der Waals surface area contributed by atoms with Crippen LogP contribution in [0.3, 0.4) is 0 Å². The molecule has 12 heteroatoms. The highest BCUT2D eigenvalue weighted by Gasteiger charge is 2.31. The minimum Gasteiger partial charge on any atom is -0.486 e. The first-order valence-electron chi connectivity index (χ1n) is 14.9. The summed E-state index contributed by atoms with van der Waals surface area (Å²) in [5.74, 6) is 0.424. The van der Waals surface area contributed by atoms with Gasteiger partial charge >= 0.3 is 0 Å². The van der Waals surface area contributed by atoms with E-state index in [0.29, 0.717) is 46.0 Å². The first-order chi connectivity index (χ1) is 21.5. The van der Waals surface area contributed by atoms with E-state index in [0.717, 1.165) is 18.2 Å². The van der Waals surface area contributed by atoms with Crippen LogP contribution in [-0.4, -0.2) is 63.2 Å². The van der Waals surface area contributed by atoms with Gasteiger partial charge in [-0.05, 0) is 55.2 Å². The van der Waals surface area contributed by atoms with Crippen molar-refractivity contribution in [2.75, 3.05) is 30.3 Å². The van der Waals surface area contributed by atoms with Gasteiger partial charge in [-0.2, -0.15) is 0 Å². The molecule has 242 valence electrons. The molecule has 0 spiro atoms. The summed E-state index contributed by atoms with van der Waals surface area (Å²) in [6.45, 7) is 4.79. The molecule has 4 rings (SSSR count). The number of anilines is 1. The minimum atomic E-state index is -3.69. The van der Waals surface area contributed by atoms with Crippen LogP contribution in [0.5, 0.6) is 11.5 Å². The second-order valence-electron chi connectivity index (χ2n) is 11.0. The number of fused-ring (bicyclic) bond motifs is 1. The summed E-state index contributed by atoms with van der Waals surface area (Å²) in [6.07, 6.45) is 2.32. The van der Waals surface area contributed by atoms with Crippen LogP contribution in [0.1, 0.15) is 44.2 Å². The average molecular weight is 677 g/mol. The van der Waals surface area contributed by atoms with Crippen LogP contribution in [0, 0.1) is 0 Å². The fraction of sp³-hybridized carbons (Fsp3) is 0.394. The molecule has 1 N–H and O–H groups in total. The van der Waals surface area contributed by atoms with Gasteiger partial charge in [0.05, 0.1) is 11.9 Å². The first-order valence-corrected chi connectivity index (χ1v) is 17.5. The summed E-state index contributed by atoms with van der Waals surface area (Å²) in [5, 5.41) is 3.87. The number of carbonyl (C=O) groups is 2. The zero-order valence-electron chi connectivity index (χ0n) is 25.7. The number of nitrogens with one attached hydrogen (secondary N) is 1. The molecule has 0 saturated heterocycles. The Morgan fingerprint density at radius 2 is 1.69 bits per heavy atom. The summed E-state index contributed by atoms with van der Waals surface area (Å²) in [5.41, 5.74) is 1.94. The molecule has 3 aromatic rings. The summed E-state index contributed by atoms with van der Waals surface area (Å²) >= 11 is 12.7. The summed E-state index contributed by atoms with van der Waals surface area (Å²) in [7, 11) is -3.69. The van der Waals surface area contributed by atoms with Gasteiger partial charge in [-0.25, -0.2) is 8.42 Å². The smallest absolute Gasteiger partial charge is 0.243 e. The SMILES string of the molecule is CCC(C)NC(=O)C(Cc1ccccc1)N(Cc1ccc(Cl)cc1Cl)C(=O)CCCN(c1ccc2c(c1)OCCO2)S(C)(=O)=O. The predicted molar refractivity (Wildman–Crippen MR) is 178 cm³/mol. The number of sulfonamides is 1. The Hall–Kier alpha value is -3.47. The number of hydrogen-bond donors (Lipinski definition) is 1. The van der Waals surface area contributed by atoms with E-state index in [4.69, 9.17) is 32.7 Å². The molecule has 0 radical (unpaired) electrons. The fourth-order valence-electron chi connectivity index (χ4n) is 5.02. The fourth-order valence-corrected chi connectivity index (χ4v) is 6.45. The molecule has 3 aromatic carbocycles. The zero-order valence-corrected chi connectivity index (χ0v) is 28.0. The van der Waals surface area contributed by atoms with Crippen molar-refractivity contribution < 1.29 is 27.5 Å². The van der Waals surface area contributed by atoms with Crippen molar-refractivity contribution >= 4 is 50.7 Å². The standard InChI is InChI=1S/C33H39Cl2N3O6S/c1-4-23(2)36-33(40)29(19-24-9-6-5-7-10-24)37(22-25-12-13-26(34)20-28(25)35)32(39)11-8-16-38(45(3,41)42)27-14-15-30-31(21-27)44-18-17-43-30/h5-7,9-10,12-15,20-21,23,29H,4,8,11,16-19,22H2,1-3H3,(H,36,40). The Labute approximate surface area is 275 Å². The molecule has 0 bridgehead atoms. The van der Waals surface area contributed by atoms with Gasteiger partial charge in [0.15, 0.2) is 11.5 Å². The molecular weight excluding hydrogens is 637 g/mol. The number of amides is 2. The van der Waals surface area contributed by atoms with Crippen LogP contribution < -0.4 is 19.1 Å². The Kier molecular flexibility index (Phi) is 12.0. The highest BCUT2D eigenvalue weighted by molar-refractivity contribution is 7.92. The second-order valence-corrected chi connectivity index (χ2v) is 13.8. The van der Waals surface area contributed by atoms with Crippen LogP contribution in [-0.2, 0) is 32.6 Å². The van der Waals surface area contributed by atoms with E-state index in [-0.39, 0.29) is 50.2 Å². The molecule has 0 fully saturated rings. The van der Waals surface area contributed by atoms with Crippen molar-refractivity contribution in [1.29, 1.82) is 0 Å². The number of benzene rings is 3. The van der Waals surface area contributed by atoms with Gasteiger partial charge in [0.1, 0.15) is 19.3 Å². The summed E-state index contributed by atoms with van der Waals surface area (Å²) < 4.78 is 38.1. The average Bonchev–Trinajstić information content (AvgIpc) is 3.01. The van der Waals surface area contributed by atoms with Crippen molar-refractivity contribution in [3.63, 3.8) is 0 Å². The summed E-state index contributed by atoms with van der Waals surface area (Å²) in [4.78, 5) is 29.3. The van der Waals surface area contributed by atoms with Gasteiger partial charge in [0, 0.05) is 48.1 Å². The second kappa shape index (κ2) is 15.7. The highest BCUT2D eigenvalue weighted by atomic mass is 35.5. The van der Waals surface area contributed by atoms with Gasteiger partial charge < -0.3 is 19.7 Å². The number of halogens is 2. The van der Waals surface area contributed by atoms with E-state index in [2.05, 4.69) is 5.32 Å². The van der Waals surface area contributed by atoms with Crippen LogP contribution >= 0.6 is 23.2 Å². The van der Waals surface area contributed by atoms with Crippen molar-refractivity contribution in [1.82, 2.24) is 10.2 Å². The van der Waals surface area contributed by atoms with E-state index >= 15 is 0 Å². The van der Waals surface area contributed by atoms with E-state index < -0.39 is 16.1 Å². The molecule has 0 aromatic heterocycles. The maximum atomic E-state index is 14.0. The Morgan fingerprint density at radius 1 is 0.978 bits per heavy atom. The van der Waals surface area contributed by atoms with Crippen LogP contribution in [0.25, 0.3) is 0 Å². The molecular formula is C33H39Cl2N3O6S. The van der Waals surface area contributed by atoms with Crippen molar-refractivity contribution in [2.45, 2.75) is 58.2 Å². The highest BCUT2D eigenvalue weighted by Crippen LogP contribution is 2.35. The largest absolute Gasteiger partial charge is 0.486 e. The Morgan fingerprint density at radius 3 is 2.36 bits per heavy atom. The maximum absolute atomic E-state index is 14.0. The Bertz CT molecular complexity index is 1590. The molecule has 2 amide bonds. The third-order valence-electron chi connectivity index (χ3n) is 7.59. The van der Waals surface area contributed by atoms with E-state index in [1.54, 1.807) is 36.4 Å². The predicted octanol–water partition coefficient (Wildman–Crippen LogP) is 5.87. The normalized spacial score (nSPS) is 13.9. The van der Waals surface area contributed by atoms with Crippen LogP contribution in [0.2, 0.25) is 10.0 Å². The van der Waals surface area contributed by atoms with Crippen molar-refractivity contribution in [3.8, 4) is 11.5 Å². The summed E-state index contributed by atoms with van der Waals surface area (Å²) in [6, 6.07) is 18.5. The van der Waals surface area contributed by atoms with Gasteiger partial charge in [0.2, 0.25) is 21.8 Å². The number of hydrogen-bond acceptors (Lipinski definition) is 6. The molecule has 2 unspecified atom stereocenters. The third kappa shape index (κ3) is 9.51. The monoisotopic (exact) mass is 675 g/mol. The molecule has 1 heterocycles. The Balaban J connectivity index is 1.60. The lowest BCUT2D eigenvalue weighted by molar-refractivity contribution is -0.141. The molecule has 0 saturated carbocycles. The molecule has 0 aliphatic carbocycles. The molecule has 1 aliphatic heterocycles. The lowest BCUT2D eigenvalue weighted by atomic mass is 10.0. The first kappa shape index (κ1) is 34.4. The van der Waals surface area contributed by atoms with Crippen molar-refractivity contribution in [2.24, 2.45) is 0 Å². The molecule has 2 atom stereocenters. The topological polar surface area (TPSA) is 105 Å². The van der Waals surface area contributed by atoms with Crippen LogP contribution in [0.15, 0.2) is 66.7 Å². The van der Waals surface area contributed by atoms with E-state index in [9.17, 15) is 18.0 Å². The maximum Gasteiger partial charge on any atom is 0.243 e. The van der Waals surface area contributed by atoms with E-state index in [1.807, 2.05) is 44.2 Å². The molecule has 1 aliphatic rings. The van der Waals surface area contributed by atoms with Gasteiger partial charge in [-0.3, -0.25) is 13.9 Å². The number of carbonyl (C=O) groups excluding carboxylic acids is 2. The van der Waals surface area contributed by atoms with Crippen molar-refractivity contribution in [3.05, 3.63) is 87.9 Å². The lowest BCUT2D eigenvalue weighted by Crippen LogP contribution is -2.52. The molecule has 9 nitrogen and oxygen atoms in total. The zero-order chi connectivity index (χ0) is 32.6. The van der Waals surface area contributed by atoms with Gasteiger partial charge in [-0.15, -0.1) is 0 Å². The van der Waals surface area contributed by atoms with Gasteiger partial charge in [0.25, 0.3) is 0 Å². The molecule has 45 heavy (non-hydrogen) atoms. The van der Waals surface area contributed by atoms with E-state index in [1.165, 1.54) is 9.21 Å². The minimum absolute atomic E-state index is 0.0102. The number of nitrogens with zero attached hydrogens (tertiary/aromatic N) is 2. The third-order valence-corrected chi connectivity index (χ3v) is 9.37. The van der Waals surface area contributed by atoms with Gasteiger partial charge in [-0.1, -0.05) is 66.5 Å². The lowest BCUT2D eigenvalue weighted by Gasteiger charge is -2.33. The number of ether oxygens (including phenoxy) is 2. The quantitative estimate of drug-likeness (QED) is 0.229. The number of rotatable bonds is 14. The van der Waals surface area contributed by atoms with Crippen LogP contribution in [0.4, 0.5) is 5.69 Å².